The van der Waals surface area contributed by atoms with Crippen LogP contribution in [-0.4, -0.2) is 41.2 Å². The standard InChI is InChI=1S/C21H24N6O.HI/c1-22-20(25-15-21(11-12-21)16-7-3-2-4-8-16)24-14-10-18-26-19(28-27-18)17-9-5-6-13-23-17;/h2-9,13H,10-12,14-15H2,1H3,(H2,22,24,25);1H. The van der Waals surface area contributed by atoms with E-state index in [0.717, 1.165) is 12.5 Å². The zero-order valence-corrected chi connectivity index (χ0v) is 18.7. The number of nitrogens with zero attached hydrogens (tertiary/aromatic N) is 4. The number of aromatic nitrogens is 3. The van der Waals surface area contributed by atoms with Gasteiger partial charge in [0.15, 0.2) is 11.8 Å². The molecule has 0 radical (unpaired) electrons. The molecule has 2 aromatic heterocycles. The average molecular weight is 504 g/mol. The molecule has 3 aromatic rings. The Labute approximate surface area is 187 Å². The minimum absolute atomic E-state index is 0. The lowest BCUT2D eigenvalue weighted by Gasteiger charge is -2.18. The van der Waals surface area contributed by atoms with E-state index in [-0.39, 0.29) is 29.4 Å². The monoisotopic (exact) mass is 504 g/mol. The molecule has 0 spiro atoms. The third-order valence-corrected chi connectivity index (χ3v) is 5.05. The molecule has 4 rings (SSSR count). The van der Waals surface area contributed by atoms with Crippen molar-refractivity contribution in [2.75, 3.05) is 20.1 Å². The number of guanidine groups is 1. The van der Waals surface area contributed by atoms with Gasteiger partial charge in [-0.3, -0.25) is 9.98 Å². The third-order valence-electron chi connectivity index (χ3n) is 5.05. The Hall–Kier alpha value is -2.49. The lowest BCUT2D eigenvalue weighted by molar-refractivity contribution is 0.421. The Morgan fingerprint density at radius 1 is 1.10 bits per heavy atom. The number of nitrogens with one attached hydrogen (secondary N) is 2. The second-order valence-corrected chi connectivity index (χ2v) is 6.98. The first kappa shape index (κ1) is 21.2. The lowest BCUT2D eigenvalue weighted by Crippen LogP contribution is -2.42. The molecule has 0 aliphatic heterocycles. The van der Waals surface area contributed by atoms with Gasteiger partial charge in [-0.2, -0.15) is 4.98 Å². The SMILES string of the molecule is CN=C(NCCc1noc(-c2ccccn2)n1)NCC1(c2ccccc2)CC1.I. The number of halogens is 1. The summed E-state index contributed by atoms with van der Waals surface area (Å²) < 4.78 is 5.29. The Morgan fingerprint density at radius 3 is 2.59 bits per heavy atom. The van der Waals surface area contributed by atoms with Crippen LogP contribution in [0.2, 0.25) is 0 Å². The van der Waals surface area contributed by atoms with Crippen molar-refractivity contribution in [2.45, 2.75) is 24.7 Å². The van der Waals surface area contributed by atoms with E-state index in [4.69, 9.17) is 4.52 Å². The van der Waals surface area contributed by atoms with E-state index >= 15 is 0 Å². The molecule has 1 aliphatic rings. The number of hydrogen-bond acceptors (Lipinski definition) is 5. The van der Waals surface area contributed by atoms with E-state index in [2.05, 4.69) is 61.1 Å². The summed E-state index contributed by atoms with van der Waals surface area (Å²) in [6.07, 6.45) is 4.76. The second kappa shape index (κ2) is 9.82. The maximum atomic E-state index is 5.29. The van der Waals surface area contributed by atoms with Gasteiger partial charge in [0.1, 0.15) is 5.69 Å². The van der Waals surface area contributed by atoms with E-state index in [1.807, 2.05) is 18.2 Å². The van der Waals surface area contributed by atoms with Gasteiger partial charge in [0, 0.05) is 38.2 Å². The molecule has 29 heavy (non-hydrogen) atoms. The van der Waals surface area contributed by atoms with Crippen LogP contribution in [0.5, 0.6) is 0 Å². The van der Waals surface area contributed by atoms with Gasteiger partial charge in [0.25, 0.3) is 5.89 Å². The highest BCUT2D eigenvalue weighted by atomic mass is 127. The quantitative estimate of drug-likeness (QED) is 0.292. The van der Waals surface area contributed by atoms with Crippen molar-refractivity contribution in [3.63, 3.8) is 0 Å². The van der Waals surface area contributed by atoms with Crippen molar-refractivity contribution in [1.29, 1.82) is 0 Å². The summed E-state index contributed by atoms with van der Waals surface area (Å²) in [7, 11) is 1.78. The predicted octanol–water partition coefficient (Wildman–Crippen LogP) is 3.19. The molecule has 0 saturated heterocycles. The van der Waals surface area contributed by atoms with Gasteiger partial charge in [-0.1, -0.05) is 41.6 Å². The molecular formula is C21H25IN6O. The fourth-order valence-electron chi connectivity index (χ4n) is 3.23. The van der Waals surface area contributed by atoms with Crippen molar-refractivity contribution < 1.29 is 4.52 Å². The maximum Gasteiger partial charge on any atom is 0.276 e. The molecule has 8 heteroatoms. The van der Waals surface area contributed by atoms with Crippen molar-refractivity contribution >= 4 is 29.9 Å². The van der Waals surface area contributed by atoms with Crippen LogP contribution in [0.4, 0.5) is 0 Å². The number of pyridine rings is 1. The van der Waals surface area contributed by atoms with E-state index in [0.29, 0.717) is 30.4 Å². The average Bonchev–Trinajstić information content (AvgIpc) is 3.41. The summed E-state index contributed by atoms with van der Waals surface area (Å²) in [5.74, 6) is 1.87. The highest BCUT2D eigenvalue weighted by molar-refractivity contribution is 14.0. The zero-order chi connectivity index (χ0) is 19.2. The summed E-state index contributed by atoms with van der Waals surface area (Å²) in [5.41, 5.74) is 2.32. The van der Waals surface area contributed by atoms with Crippen molar-refractivity contribution in [3.05, 3.63) is 66.1 Å². The maximum absolute atomic E-state index is 5.29. The van der Waals surface area contributed by atoms with E-state index in [9.17, 15) is 0 Å². The molecule has 1 saturated carbocycles. The van der Waals surface area contributed by atoms with Crippen LogP contribution < -0.4 is 10.6 Å². The molecular weight excluding hydrogens is 479 g/mol. The summed E-state index contributed by atoms with van der Waals surface area (Å²) in [4.78, 5) is 12.9. The van der Waals surface area contributed by atoms with E-state index in [1.165, 1.54) is 18.4 Å². The Balaban J connectivity index is 0.00000240. The number of rotatable bonds is 7. The van der Waals surface area contributed by atoms with Crippen LogP contribution in [0.15, 0.2) is 64.2 Å². The number of benzene rings is 1. The molecule has 1 aliphatic carbocycles. The van der Waals surface area contributed by atoms with Gasteiger partial charge in [-0.05, 0) is 30.5 Å². The largest absolute Gasteiger partial charge is 0.356 e. The molecule has 1 fully saturated rings. The number of hydrogen-bond donors (Lipinski definition) is 2. The van der Waals surface area contributed by atoms with Crippen LogP contribution in [-0.2, 0) is 11.8 Å². The van der Waals surface area contributed by atoms with E-state index in [1.54, 1.807) is 13.2 Å². The van der Waals surface area contributed by atoms with Crippen LogP contribution >= 0.6 is 24.0 Å². The molecule has 1 aromatic carbocycles. The van der Waals surface area contributed by atoms with Crippen molar-refractivity contribution in [3.8, 4) is 11.6 Å². The Bertz CT molecular complexity index is 925. The molecule has 7 nitrogen and oxygen atoms in total. The van der Waals surface area contributed by atoms with Crippen LogP contribution in [0.3, 0.4) is 0 Å². The Morgan fingerprint density at radius 2 is 1.90 bits per heavy atom. The van der Waals surface area contributed by atoms with E-state index < -0.39 is 0 Å². The third kappa shape index (κ3) is 5.31. The van der Waals surface area contributed by atoms with Gasteiger partial charge in [0.05, 0.1) is 0 Å². The fraction of sp³-hybridized carbons (Fsp3) is 0.333. The fourth-order valence-corrected chi connectivity index (χ4v) is 3.23. The molecule has 2 heterocycles. The minimum Gasteiger partial charge on any atom is -0.356 e. The molecule has 2 N–H and O–H groups in total. The summed E-state index contributed by atoms with van der Waals surface area (Å²) >= 11 is 0. The Kier molecular flexibility index (Phi) is 7.18. The highest BCUT2D eigenvalue weighted by Gasteiger charge is 2.43. The van der Waals surface area contributed by atoms with Crippen LogP contribution in [0.25, 0.3) is 11.6 Å². The number of aliphatic imine (C=N–C) groups is 1. The summed E-state index contributed by atoms with van der Waals surface area (Å²) in [5, 5.41) is 10.8. The second-order valence-electron chi connectivity index (χ2n) is 6.98. The smallest absolute Gasteiger partial charge is 0.276 e. The highest BCUT2D eigenvalue weighted by Crippen LogP contribution is 2.47. The molecule has 0 unspecified atom stereocenters. The predicted molar refractivity (Wildman–Crippen MR) is 123 cm³/mol. The molecule has 152 valence electrons. The van der Waals surface area contributed by atoms with Crippen LogP contribution in [0, 0.1) is 0 Å². The molecule has 0 bridgehead atoms. The summed E-state index contributed by atoms with van der Waals surface area (Å²) in [6, 6.07) is 16.3. The van der Waals surface area contributed by atoms with Gasteiger partial charge < -0.3 is 15.2 Å². The van der Waals surface area contributed by atoms with Crippen molar-refractivity contribution in [2.24, 2.45) is 4.99 Å². The first-order valence-electron chi connectivity index (χ1n) is 9.53. The van der Waals surface area contributed by atoms with Crippen molar-refractivity contribution in [1.82, 2.24) is 25.8 Å². The molecule has 0 amide bonds. The molecule has 0 atom stereocenters. The van der Waals surface area contributed by atoms with Gasteiger partial charge in [-0.15, -0.1) is 24.0 Å². The normalized spacial score (nSPS) is 14.7. The van der Waals surface area contributed by atoms with Crippen LogP contribution in [0.1, 0.15) is 24.2 Å². The minimum atomic E-state index is 0. The zero-order valence-electron chi connectivity index (χ0n) is 16.3. The first-order valence-corrected chi connectivity index (χ1v) is 9.53. The summed E-state index contributed by atoms with van der Waals surface area (Å²) in [6.45, 7) is 1.54. The van der Waals surface area contributed by atoms with Gasteiger partial charge >= 0.3 is 0 Å². The lowest BCUT2D eigenvalue weighted by atomic mass is 9.96. The van der Waals surface area contributed by atoms with Gasteiger partial charge in [-0.25, -0.2) is 0 Å². The van der Waals surface area contributed by atoms with Gasteiger partial charge in [0.2, 0.25) is 0 Å². The first-order chi connectivity index (χ1) is 13.8. The topological polar surface area (TPSA) is 88.2 Å².